The third-order valence-electron chi connectivity index (χ3n) is 2.16. The van der Waals surface area contributed by atoms with Crippen LogP contribution >= 0.6 is 11.6 Å². The molecule has 1 fully saturated rings. The Bertz CT molecular complexity index is 180. The summed E-state index contributed by atoms with van der Waals surface area (Å²) in [6, 6.07) is 0. The molecule has 0 aromatic rings. The van der Waals surface area contributed by atoms with Gasteiger partial charge in [0.15, 0.2) is 16.4 Å². The molecule has 1 heterocycles. The molecule has 1 aliphatic heterocycles. The van der Waals surface area contributed by atoms with E-state index in [0.717, 1.165) is 0 Å². The number of hydrogen-bond donors (Lipinski definition) is 0. The van der Waals surface area contributed by atoms with Crippen molar-refractivity contribution in [1.29, 1.82) is 0 Å². The molecule has 3 heteroatoms. The first-order chi connectivity index (χ1) is 4.46. The molecule has 0 aliphatic carbocycles. The van der Waals surface area contributed by atoms with Crippen LogP contribution in [0.3, 0.4) is 0 Å². The number of epoxide rings is 1. The minimum atomic E-state index is -0.719. The average Bonchev–Trinajstić information content (AvgIpc) is 2.39. The van der Waals surface area contributed by atoms with Gasteiger partial charge in [0.1, 0.15) is 0 Å². The van der Waals surface area contributed by atoms with Gasteiger partial charge in [-0.2, -0.15) is 0 Å². The number of halogens is 1. The minimum absolute atomic E-state index is 0.00403. The fourth-order valence-electron chi connectivity index (χ4n) is 1.04. The lowest BCUT2D eigenvalue weighted by Gasteiger charge is -2.02. The maximum atomic E-state index is 10.9. The second-order valence-electron chi connectivity index (χ2n) is 2.77. The molecule has 58 valence electrons. The van der Waals surface area contributed by atoms with Crippen molar-refractivity contribution in [2.45, 2.75) is 37.9 Å². The van der Waals surface area contributed by atoms with Crippen LogP contribution in [0.1, 0.15) is 27.2 Å². The molecule has 0 radical (unpaired) electrons. The number of alkyl halides is 1. The van der Waals surface area contributed by atoms with Gasteiger partial charge in [-0.25, -0.2) is 0 Å². The van der Waals surface area contributed by atoms with E-state index in [4.69, 9.17) is 16.3 Å². The molecule has 1 aliphatic rings. The lowest BCUT2D eigenvalue weighted by molar-refractivity contribution is -0.121. The average molecular weight is 163 g/mol. The second-order valence-corrected chi connectivity index (χ2v) is 3.38. The topological polar surface area (TPSA) is 29.6 Å². The smallest absolute Gasteiger partial charge is 0.178 e. The van der Waals surface area contributed by atoms with E-state index >= 15 is 0 Å². The predicted molar refractivity (Wildman–Crippen MR) is 39.0 cm³/mol. The Labute approximate surface area is 65.5 Å². The highest BCUT2D eigenvalue weighted by Gasteiger charge is 2.68. The summed E-state index contributed by atoms with van der Waals surface area (Å²) in [4.78, 5) is 10.9. The molecule has 10 heavy (non-hydrogen) atoms. The van der Waals surface area contributed by atoms with Crippen LogP contribution in [0.15, 0.2) is 0 Å². The standard InChI is InChI=1S/C7H11ClO2/c1-4-7(8)6(3,10-7)5(2)9/h4H2,1-3H3. The van der Waals surface area contributed by atoms with Crippen molar-refractivity contribution < 1.29 is 9.53 Å². The molecule has 0 N–H and O–H groups in total. The van der Waals surface area contributed by atoms with Crippen LogP contribution in [0.4, 0.5) is 0 Å². The summed E-state index contributed by atoms with van der Waals surface area (Å²) in [7, 11) is 0. The molecule has 0 aromatic carbocycles. The highest BCUT2D eigenvalue weighted by atomic mass is 35.5. The predicted octanol–water partition coefficient (Wildman–Crippen LogP) is 1.71. The summed E-state index contributed by atoms with van der Waals surface area (Å²) in [6.07, 6.45) is 0.671. The number of carbonyl (C=O) groups is 1. The normalized spacial score (nSPS) is 45.2. The van der Waals surface area contributed by atoms with Crippen LogP contribution < -0.4 is 0 Å². The number of hydrogen-bond acceptors (Lipinski definition) is 2. The zero-order valence-corrected chi connectivity index (χ0v) is 7.16. The van der Waals surface area contributed by atoms with Crippen LogP contribution in [0.5, 0.6) is 0 Å². The quantitative estimate of drug-likeness (QED) is 0.457. The highest BCUT2D eigenvalue weighted by molar-refractivity contribution is 6.28. The molecule has 1 saturated heterocycles. The lowest BCUT2D eigenvalue weighted by atomic mass is 10.0. The highest BCUT2D eigenvalue weighted by Crippen LogP contribution is 2.53. The monoisotopic (exact) mass is 162 g/mol. The van der Waals surface area contributed by atoms with Crippen molar-refractivity contribution in [2.75, 3.05) is 0 Å². The van der Waals surface area contributed by atoms with Gasteiger partial charge in [0.25, 0.3) is 0 Å². The first-order valence-electron chi connectivity index (χ1n) is 3.36. The van der Waals surface area contributed by atoms with Crippen LogP contribution in [0.2, 0.25) is 0 Å². The third-order valence-corrected chi connectivity index (χ3v) is 2.87. The molecule has 1 rings (SSSR count). The maximum Gasteiger partial charge on any atom is 0.178 e. The Kier molecular flexibility index (Phi) is 1.57. The Morgan fingerprint density at radius 2 is 2.20 bits per heavy atom. The molecule has 0 bridgehead atoms. The number of rotatable bonds is 2. The van der Waals surface area contributed by atoms with Gasteiger partial charge in [-0.1, -0.05) is 18.5 Å². The van der Waals surface area contributed by atoms with Gasteiger partial charge < -0.3 is 4.74 Å². The van der Waals surface area contributed by atoms with Crippen molar-refractivity contribution in [3.8, 4) is 0 Å². The van der Waals surface area contributed by atoms with Crippen LogP contribution in [-0.2, 0) is 9.53 Å². The van der Waals surface area contributed by atoms with Crippen molar-refractivity contribution in [1.82, 2.24) is 0 Å². The van der Waals surface area contributed by atoms with Gasteiger partial charge >= 0.3 is 0 Å². The first kappa shape index (κ1) is 8.02. The van der Waals surface area contributed by atoms with Gasteiger partial charge in [0.2, 0.25) is 0 Å². The van der Waals surface area contributed by atoms with Crippen LogP contribution in [0.25, 0.3) is 0 Å². The fourth-order valence-corrected chi connectivity index (χ4v) is 1.33. The molecule has 2 unspecified atom stereocenters. The maximum absolute atomic E-state index is 10.9. The van der Waals surface area contributed by atoms with Crippen molar-refractivity contribution in [3.05, 3.63) is 0 Å². The molecule has 2 nitrogen and oxygen atoms in total. The fraction of sp³-hybridized carbons (Fsp3) is 0.857. The van der Waals surface area contributed by atoms with E-state index in [2.05, 4.69) is 0 Å². The zero-order valence-electron chi connectivity index (χ0n) is 6.40. The largest absolute Gasteiger partial charge is 0.338 e. The van der Waals surface area contributed by atoms with E-state index in [-0.39, 0.29) is 5.78 Å². The molecule has 0 amide bonds. The van der Waals surface area contributed by atoms with E-state index in [9.17, 15) is 4.79 Å². The SMILES string of the molecule is CCC1(Cl)OC1(C)C(C)=O. The lowest BCUT2D eigenvalue weighted by Crippen LogP contribution is -2.24. The Hall–Kier alpha value is -0.0800. The van der Waals surface area contributed by atoms with Gasteiger partial charge in [-0.3, -0.25) is 4.79 Å². The van der Waals surface area contributed by atoms with E-state index in [1.807, 2.05) is 6.92 Å². The summed E-state index contributed by atoms with van der Waals surface area (Å²) in [5.74, 6) is 0.00403. The number of Topliss-reactive ketones (excluding diaryl/α,β-unsaturated/α-hetero) is 1. The van der Waals surface area contributed by atoms with Crippen LogP contribution in [-0.4, -0.2) is 16.4 Å². The molecular weight excluding hydrogens is 152 g/mol. The van der Waals surface area contributed by atoms with E-state index in [1.165, 1.54) is 6.92 Å². The van der Waals surface area contributed by atoms with E-state index in [0.29, 0.717) is 6.42 Å². The van der Waals surface area contributed by atoms with Crippen molar-refractivity contribution in [3.63, 3.8) is 0 Å². The van der Waals surface area contributed by atoms with Gasteiger partial charge in [-0.05, 0) is 20.3 Å². The summed E-state index contributed by atoms with van der Waals surface area (Å²) in [6.45, 7) is 5.13. The minimum Gasteiger partial charge on any atom is -0.338 e. The van der Waals surface area contributed by atoms with Crippen LogP contribution in [0, 0.1) is 0 Å². The number of ketones is 1. The van der Waals surface area contributed by atoms with Crippen molar-refractivity contribution >= 4 is 17.4 Å². The second kappa shape index (κ2) is 1.95. The molecule has 2 atom stereocenters. The molecular formula is C7H11ClO2. The van der Waals surface area contributed by atoms with Crippen molar-refractivity contribution in [2.24, 2.45) is 0 Å². The summed E-state index contributed by atoms with van der Waals surface area (Å²) < 4.78 is 5.12. The van der Waals surface area contributed by atoms with Gasteiger partial charge in [0, 0.05) is 0 Å². The van der Waals surface area contributed by atoms with E-state index < -0.39 is 10.7 Å². The zero-order chi connectivity index (χ0) is 7.99. The number of ether oxygens (including phenoxy) is 1. The van der Waals surface area contributed by atoms with E-state index in [1.54, 1.807) is 6.92 Å². The van der Waals surface area contributed by atoms with Gasteiger partial charge in [0.05, 0.1) is 0 Å². The summed E-state index contributed by atoms with van der Waals surface area (Å²) >= 11 is 5.89. The molecule has 0 saturated carbocycles. The summed E-state index contributed by atoms with van der Waals surface area (Å²) in [5.41, 5.74) is -0.719. The first-order valence-corrected chi connectivity index (χ1v) is 3.74. The number of carbonyl (C=O) groups excluding carboxylic acids is 1. The Morgan fingerprint density at radius 1 is 1.70 bits per heavy atom. The Morgan fingerprint density at radius 3 is 2.30 bits per heavy atom. The van der Waals surface area contributed by atoms with Gasteiger partial charge in [-0.15, -0.1) is 0 Å². The summed E-state index contributed by atoms with van der Waals surface area (Å²) in [5, 5.41) is -0.709. The molecule has 0 spiro atoms. The Balaban J connectivity index is 2.72. The third kappa shape index (κ3) is 0.789. The molecule has 0 aromatic heterocycles.